The average Bonchev–Trinajstić information content (AvgIpc) is 2.34. The van der Waals surface area contributed by atoms with Crippen LogP contribution in [0.4, 0.5) is 5.69 Å². The molecule has 0 saturated carbocycles. The maximum atomic E-state index is 11.4. The number of hydrogen-bond donors (Lipinski definition) is 2. The standard InChI is InChI=1S/C13H20N2O/c1-3-9-14-13(16)10-15-12-8-6-5-7-11(12)4-2/h5-8,15H,3-4,9-10H2,1-2H3,(H,14,16). The highest BCUT2D eigenvalue weighted by Gasteiger charge is 2.02. The minimum Gasteiger partial charge on any atom is -0.376 e. The van der Waals surface area contributed by atoms with Gasteiger partial charge < -0.3 is 10.6 Å². The first-order chi connectivity index (χ1) is 7.77. The summed E-state index contributed by atoms with van der Waals surface area (Å²) < 4.78 is 0. The summed E-state index contributed by atoms with van der Waals surface area (Å²) in [6, 6.07) is 8.07. The number of benzene rings is 1. The Morgan fingerprint density at radius 3 is 2.69 bits per heavy atom. The van der Waals surface area contributed by atoms with Gasteiger partial charge >= 0.3 is 0 Å². The van der Waals surface area contributed by atoms with Gasteiger partial charge in [0.25, 0.3) is 0 Å². The number of amides is 1. The van der Waals surface area contributed by atoms with Gasteiger partial charge in [-0.1, -0.05) is 32.0 Å². The lowest BCUT2D eigenvalue weighted by molar-refractivity contribution is -0.119. The second kappa shape index (κ2) is 6.88. The van der Waals surface area contributed by atoms with Gasteiger partial charge in [0.2, 0.25) is 5.91 Å². The van der Waals surface area contributed by atoms with Crippen molar-refractivity contribution in [3.8, 4) is 0 Å². The second-order valence-electron chi connectivity index (χ2n) is 3.71. The zero-order valence-corrected chi connectivity index (χ0v) is 10.0. The van der Waals surface area contributed by atoms with Crippen LogP contribution < -0.4 is 10.6 Å². The van der Waals surface area contributed by atoms with Crippen molar-refractivity contribution < 1.29 is 4.79 Å². The van der Waals surface area contributed by atoms with E-state index >= 15 is 0 Å². The molecule has 0 aliphatic rings. The van der Waals surface area contributed by atoms with E-state index in [0.29, 0.717) is 6.54 Å². The Morgan fingerprint density at radius 2 is 2.00 bits per heavy atom. The Balaban J connectivity index is 2.44. The van der Waals surface area contributed by atoms with Crippen molar-refractivity contribution in [1.29, 1.82) is 0 Å². The van der Waals surface area contributed by atoms with E-state index in [1.807, 2.05) is 25.1 Å². The number of anilines is 1. The molecule has 2 N–H and O–H groups in total. The predicted octanol–water partition coefficient (Wildman–Crippen LogP) is 2.19. The van der Waals surface area contributed by atoms with Crippen LogP contribution >= 0.6 is 0 Å². The maximum absolute atomic E-state index is 11.4. The van der Waals surface area contributed by atoms with Gasteiger partial charge in [-0.15, -0.1) is 0 Å². The molecule has 0 saturated heterocycles. The maximum Gasteiger partial charge on any atom is 0.239 e. The summed E-state index contributed by atoms with van der Waals surface area (Å²) in [5.41, 5.74) is 2.29. The molecule has 0 fully saturated rings. The molecule has 0 aromatic heterocycles. The van der Waals surface area contributed by atoms with E-state index in [4.69, 9.17) is 0 Å². The number of hydrogen-bond acceptors (Lipinski definition) is 2. The molecule has 3 heteroatoms. The van der Waals surface area contributed by atoms with Gasteiger partial charge in [-0.2, -0.15) is 0 Å². The third-order valence-corrected chi connectivity index (χ3v) is 2.41. The Hall–Kier alpha value is -1.51. The molecule has 1 rings (SSSR count). The molecule has 1 aromatic carbocycles. The van der Waals surface area contributed by atoms with Crippen molar-refractivity contribution in [3.05, 3.63) is 29.8 Å². The van der Waals surface area contributed by atoms with Gasteiger partial charge in [0.15, 0.2) is 0 Å². The van der Waals surface area contributed by atoms with Crippen LogP contribution in [-0.2, 0) is 11.2 Å². The van der Waals surface area contributed by atoms with E-state index in [9.17, 15) is 4.79 Å². The van der Waals surface area contributed by atoms with E-state index in [1.165, 1.54) is 5.56 Å². The van der Waals surface area contributed by atoms with Crippen LogP contribution in [0.3, 0.4) is 0 Å². The molecule has 0 spiro atoms. The highest BCUT2D eigenvalue weighted by molar-refractivity contribution is 5.80. The summed E-state index contributed by atoms with van der Waals surface area (Å²) in [6.45, 7) is 5.24. The van der Waals surface area contributed by atoms with E-state index in [2.05, 4.69) is 23.6 Å². The molecule has 0 aliphatic carbocycles. The Morgan fingerprint density at radius 1 is 1.25 bits per heavy atom. The number of rotatable bonds is 6. The van der Waals surface area contributed by atoms with Gasteiger partial charge in [0.05, 0.1) is 6.54 Å². The second-order valence-corrected chi connectivity index (χ2v) is 3.71. The average molecular weight is 220 g/mol. The van der Waals surface area contributed by atoms with Crippen molar-refractivity contribution in [1.82, 2.24) is 5.32 Å². The molecule has 0 radical (unpaired) electrons. The number of aryl methyl sites for hydroxylation is 1. The summed E-state index contributed by atoms with van der Waals surface area (Å²) in [7, 11) is 0. The molecule has 88 valence electrons. The molecular weight excluding hydrogens is 200 g/mol. The first kappa shape index (κ1) is 12.6. The van der Waals surface area contributed by atoms with E-state index in [1.54, 1.807) is 0 Å². The first-order valence-corrected chi connectivity index (χ1v) is 5.86. The summed E-state index contributed by atoms with van der Waals surface area (Å²) in [5.74, 6) is 0.0488. The van der Waals surface area contributed by atoms with Gasteiger partial charge in [-0.25, -0.2) is 0 Å². The minimum atomic E-state index is 0.0488. The molecule has 0 unspecified atom stereocenters. The molecular formula is C13H20N2O. The Labute approximate surface area is 97.2 Å². The summed E-state index contributed by atoms with van der Waals surface area (Å²) >= 11 is 0. The Bertz CT molecular complexity index is 336. The van der Waals surface area contributed by atoms with Gasteiger partial charge in [-0.05, 0) is 24.5 Å². The van der Waals surface area contributed by atoms with Gasteiger partial charge in [0.1, 0.15) is 0 Å². The number of carbonyl (C=O) groups excluding carboxylic acids is 1. The summed E-state index contributed by atoms with van der Waals surface area (Å²) in [6.07, 6.45) is 1.94. The largest absolute Gasteiger partial charge is 0.376 e. The van der Waals surface area contributed by atoms with Crippen LogP contribution in [0.5, 0.6) is 0 Å². The quantitative estimate of drug-likeness (QED) is 0.771. The van der Waals surface area contributed by atoms with Crippen LogP contribution in [0.2, 0.25) is 0 Å². The molecule has 1 amide bonds. The van der Waals surface area contributed by atoms with Crippen molar-refractivity contribution in [2.45, 2.75) is 26.7 Å². The van der Waals surface area contributed by atoms with E-state index in [0.717, 1.165) is 25.1 Å². The van der Waals surface area contributed by atoms with Crippen LogP contribution in [0, 0.1) is 0 Å². The fourth-order valence-corrected chi connectivity index (χ4v) is 1.50. The van der Waals surface area contributed by atoms with Crippen LogP contribution in [-0.4, -0.2) is 19.0 Å². The minimum absolute atomic E-state index is 0.0488. The Kier molecular flexibility index (Phi) is 5.40. The van der Waals surface area contributed by atoms with Gasteiger partial charge in [0, 0.05) is 12.2 Å². The van der Waals surface area contributed by atoms with Crippen molar-refractivity contribution in [2.75, 3.05) is 18.4 Å². The number of para-hydroxylation sites is 1. The summed E-state index contributed by atoms with van der Waals surface area (Å²) in [4.78, 5) is 11.4. The number of carbonyl (C=O) groups is 1. The third kappa shape index (κ3) is 3.93. The monoisotopic (exact) mass is 220 g/mol. The SMILES string of the molecule is CCCNC(=O)CNc1ccccc1CC. The van der Waals surface area contributed by atoms with Crippen LogP contribution in [0.1, 0.15) is 25.8 Å². The molecule has 0 heterocycles. The summed E-state index contributed by atoms with van der Waals surface area (Å²) in [5, 5.41) is 6.00. The normalized spacial score (nSPS) is 9.88. The van der Waals surface area contributed by atoms with Gasteiger partial charge in [-0.3, -0.25) is 4.79 Å². The van der Waals surface area contributed by atoms with E-state index in [-0.39, 0.29) is 5.91 Å². The zero-order chi connectivity index (χ0) is 11.8. The van der Waals surface area contributed by atoms with Crippen LogP contribution in [0.15, 0.2) is 24.3 Å². The fourth-order valence-electron chi connectivity index (χ4n) is 1.50. The molecule has 0 atom stereocenters. The van der Waals surface area contributed by atoms with E-state index < -0.39 is 0 Å². The lowest BCUT2D eigenvalue weighted by Gasteiger charge is -2.10. The fraction of sp³-hybridized carbons (Fsp3) is 0.462. The number of nitrogens with one attached hydrogen (secondary N) is 2. The molecule has 0 aliphatic heterocycles. The van der Waals surface area contributed by atoms with Crippen LogP contribution in [0.25, 0.3) is 0 Å². The first-order valence-electron chi connectivity index (χ1n) is 5.86. The topological polar surface area (TPSA) is 41.1 Å². The van der Waals surface area contributed by atoms with Crippen molar-refractivity contribution >= 4 is 11.6 Å². The highest BCUT2D eigenvalue weighted by atomic mass is 16.1. The van der Waals surface area contributed by atoms with Crippen molar-refractivity contribution in [3.63, 3.8) is 0 Å². The lowest BCUT2D eigenvalue weighted by atomic mass is 10.1. The molecule has 16 heavy (non-hydrogen) atoms. The third-order valence-electron chi connectivity index (χ3n) is 2.41. The molecule has 3 nitrogen and oxygen atoms in total. The smallest absolute Gasteiger partial charge is 0.239 e. The molecule has 1 aromatic rings. The zero-order valence-electron chi connectivity index (χ0n) is 10.0. The molecule has 0 bridgehead atoms. The predicted molar refractivity (Wildman–Crippen MR) is 67.6 cm³/mol. The van der Waals surface area contributed by atoms with Crippen molar-refractivity contribution in [2.24, 2.45) is 0 Å². The highest BCUT2D eigenvalue weighted by Crippen LogP contribution is 2.14. The lowest BCUT2D eigenvalue weighted by Crippen LogP contribution is -2.30.